The summed E-state index contributed by atoms with van der Waals surface area (Å²) in [6.45, 7) is 4.28. The lowest BCUT2D eigenvalue weighted by atomic mass is 9.94. The maximum Gasteiger partial charge on any atom is 0.127 e. The lowest BCUT2D eigenvalue weighted by Crippen LogP contribution is -2.24. The van der Waals surface area contributed by atoms with Crippen LogP contribution in [0.4, 0.5) is 0 Å². The number of benzene rings is 1. The number of nitrogens with two attached hydrogens (primary N) is 1. The number of rotatable bonds is 1. The van der Waals surface area contributed by atoms with E-state index in [-0.39, 0.29) is 12.1 Å². The summed E-state index contributed by atoms with van der Waals surface area (Å²) in [6, 6.07) is 8.34. The van der Waals surface area contributed by atoms with E-state index in [1.54, 1.807) is 0 Å². The molecule has 19 heavy (non-hydrogen) atoms. The van der Waals surface area contributed by atoms with Crippen LogP contribution in [0.25, 0.3) is 0 Å². The Morgan fingerprint density at radius 3 is 2.74 bits per heavy atom. The van der Waals surface area contributed by atoms with E-state index in [0.29, 0.717) is 0 Å². The van der Waals surface area contributed by atoms with Crippen LogP contribution in [0.1, 0.15) is 39.4 Å². The molecule has 1 aromatic carbocycles. The van der Waals surface area contributed by atoms with Crippen molar-refractivity contribution in [1.29, 1.82) is 0 Å². The van der Waals surface area contributed by atoms with Crippen LogP contribution in [0, 0.1) is 13.8 Å². The molecule has 100 valence electrons. The summed E-state index contributed by atoms with van der Waals surface area (Å²) in [4.78, 5) is 2.65. The van der Waals surface area contributed by atoms with Crippen LogP contribution in [-0.4, -0.2) is 0 Å². The van der Waals surface area contributed by atoms with Gasteiger partial charge in [-0.25, -0.2) is 0 Å². The summed E-state index contributed by atoms with van der Waals surface area (Å²) >= 11 is 5.30. The van der Waals surface area contributed by atoms with Crippen molar-refractivity contribution in [3.63, 3.8) is 0 Å². The van der Waals surface area contributed by atoms with Crippen molar-refractivity contribution in [2.24, 2.45) is 5.73 Å². The van der Waals surface area contributed by atoms with E-state index in [1.807, 2.05) is 29.5 Å². The van der Waals surface area contributed by atoms with Gasteiger partial charge in [-0.2, -0.15) is 0 Å². The number of hydrogen-bond donors (Lipinski definition) is 1. The highest BCUT2D eigenvalue weighted by Gasteiger charge is 2.28. The maximum atomic E-state index is 6.29. The smallest absolute Gasteiger partial charge is 0.127 e. The molecule has 0 bridgehead atoms. The summed E-state index contributed by atoms with van der Waals surface area (Å²) in [5.41, 5.74) is 8.67. The second-order valence-electron chi connectivity index (χ2n) is 5.00. The number of fused-ring (bicyclic) bond motifs is 1. The first-order chi connectivity index (χ1) is 9.04. The van der Waals surface area contributed by atoms with Crippen molar-refractivity contribution in [3.05, 3.63) is 49.6 Å². The zero-order valence-corrected chi connectivity index (χ0v) is 13.3. The molecule has 0 saturated heterocycles. The number of thiophene rings is 1. The predicted octanol–water partition coefficient (Wildman–Crippen LogP) is 4.65. The van der Waals surface area contributed by atoms with Crippen LogP contribution in [0.3, 0.4) is 0 Å². The number of halogens is 1. The Balaban J connectivity index is 1.98. The molecule has 2 aromatic rings. The van der Waals surface area contributed by atoms with E-state index in [4.69, 9.17) is 10.5 Å². The number of ether oxygens (including phenoxy) is 1. The topological polar surface area (TPSA) is 35.2 Å². The van der Waals surface area contributed by atoms with Gasteiger partial charge in [0.1, 0.15) is 11.9 Å². The fourth-order valence-electron chi connectivity index (χ4n) is 2.64. The normalized spacial score (nSPS) is 21.9. The average molecular weight is 338 g/mol. The zero-order valence-electron chi connectivity index (χ0n) is 10.9. The van der Waals surface area contributed by atoms with Gasteiger partial charge in [-0.3, -0.25) is 0 Å². The predicted molar refractivity (Wildman–Crippen MR) is 82.8 cm³/mol. The summed E-state index contributed by atoms with van der Waals surface area (Å²) in [7, 11) is 0. The molecule has 2 N–H and O–H groups in total. The molecule has 1 unspecified atom stereocenters. The molecule has 1 aliphatic heterocycles. The fraction of sp³-hybridized carbons (Fsp3) is 0.333. The molecule has 0 aliphatic carbocycles. The first-order valence-corrected chi connectivity index (χ1v) is 7.94. The maximum absolute atomic E-state index is 6.29. The van der Waals surface area contributed by atoms with Crippen LogP contribution in [0.5, 0.6) is 5.75 Å². The van der Waals surface area contributed by atoms with Crippen LogP contribution >= 0.6 is 27.3 Å². The molecule has 0 radical (unpaired) electrons. The lowest BCUT2D eigenvalue weighted by molar-refractivity contribution is 0.161. The highest BCUT2D eigenvalue weighted by atomic mass is 79.9. The molecule has 4 heteroatoms. The van der Waals surface area contributed by atoms with Crippen LogP contribution in [0.2, 0.25) is 0 Å². The third-order valence-electron chi connectivity index (χ3n) is 3.54. The first kappa shape index (κ1) is 13.2. The highest BCUT2D eigenvalue weighted by Crippen LogP contribution is 2.42. The van der Waals surface area contributed by atoms with Gasteiger partial charge in [-0.1, -0.05) is 22.0 Å². The van der Waals surface area contributed by atoms with Gasteiger partial charge < -0.3 is 10.5 Å². The summed E-state index contributed by atoms with van der Waals surface area (Å²) in [6.07, 6.45) is 0.910. The SMILES string of the molecule is Cc1cc(C2C[C@H](N)c3ccc(Br)cc3O2)c(C)s1. The molecule has 1 aliphatic rings. The molecule has 3 rings (SSSR count). The Kier molecular flexibility index (Phi) is 3.41. The van der Waals surface area contributed by atoms with Crippen molar-refractivity contribution in [3.8, 4) is 5.75 Å². The van der Waals surface area contributed by atoms with E-state index in [9.17, 15) is 0 Å². The minimum absolute atomic E-state index is 0.0430. The molecule has 0 spiro atoms. The van der Waals surface area contributed by atoms with Gasteiger partial charge in [0.15, 0.2) is 0 Å². The molecular formula is C15H16BrNOS. The summed E-state index contributed by atoms with van der Waals surface area (Å²) in [5.74, 6) is 0.904. The monoisotopic (exact) mass is 337 g/mol. The van der Waals surface area contributed by atoms with Gasteiger partial charge in [0.05, 0.1) is 0 Å². The van der Waals surface area contributed by atoms with E-state index >= 15 is 0 Å². The Hall–Kier alpha value is -0.840. The van der Waals surface area contributed by atoms with Crippen molar-refractivity contribution in [2.45, 2.75) is 32.4 Å². The van der Waals surface area contributed by atoms with Gasteiger partial charge >= 0.3 is 0 Å². The first-order valence-electron chi connectivity index (χ1n) is 6.33. The second-order valence-corrected chi connectivity index (χ2v) is 7.38. The van der Waals surface area contributed by atoms with Gasteiger partial charge in [0.2, 0.25) is 0 Å². The van der Waals surface area contributed by atoms with Crippen molar-refractivity contribution in [1.82, 2.24) is 0 Å². The number of hydrogen-bond acceptors (Lipinski definition) is 3. The molecule has 0 saturated carbocycles. The van der Waals surface area contributed by atoms with Crippen molar-refractivity contribution >= 4 is 27.3 Å². The Bertz CT molecular complexity index is 623. The van der Waals surface area contributed by atoms with Crippen LogP contribution in [0.15, 0.2) is 28.7 Å². The summed E-state index contributed by atoms with van der Waals surface area (Å²) < 4.78 is 7.19. The van der Waals surface area contributed by atoms with Crippen LogP contribution in [-0.2, 0) is 0 Å². The third kappa shape index (κ3) is 2.45. The minimum Gasteiger partial charge on any atom is -0.485 e. The highest BCUT2D eigenvalue weighted by molar-refractivity contribution is 9.10. The molecule has 2 nitrogen and oxygen atoms in total. The molecule has 2 atom stereocenters. The van der Waals surface area contributed by atoms with Gasteiger partial charge in [-0.15, -0.1) is 11.3 Å². The molecular weight excluding hydrogens is 322 g/mol. The number of aryl methyl sites for hydroxylation is 2. The molecule has 1 aromatic heterocycles. The van der Waals surface area contributed by atoms with E-state index < -0.39 is 0 Å². The molecule has 2 heterocycles. The quantitative estimate of drug-likeness (QED) is 0.821. The second kappa shape index (κ2) is 4.93. The van der Waals surface area contributed by atoms with Gasteiger partial charge in [0, 0.05) is 37.8 Å². The van der Waals surface area contributed by atoms with E-state index in [2.05, 4.69) is 35.8 Å². The van der Waals surface area contributed by atoms with Crippen LogP contribution < -0.4 is 10.5 Å². The summed E-state index contributed by atoms with van der Waals surface area (Å²) in [5, 5.41) is 0. The lowest BCUT2D eigenvalue weighted by Gasteiger charge is -2.30. The van der Waals surface area contributed by atoms with E-state index in [1.165, 1.54) is 15.3 Å². The van der Waals surface area contributed by atoms with Crippen molar-refractivity contribution in [2.75, 3.05) is 0 Å². The molecule has 0 amide bonds. The largest absolute Gasteiger partial charge is 0.485 e. The Labute approximate surface area is 125 Å². The minimum atomic E-state index is 0.0430. The van der Waals surface area contributed by atoms with Crippen molar-refractivity contribution < 1.29 is 4.74 Å². The fourth-order valence-corrected chi connectivity index (χ4v) is 3.95. The standard InChI is InChI=1S/C15H16BrNOS/c1-8-5-12(9(2)19-8)15-7-13(17)11-4-3-10(16)6-14(11)18-15/h3-6,13,15H,7,17H2,1-2H3/t13-,15?/m0/s1. The van der Waals surface area contributed by atoms with Gasteiger partial charge in [0.25, 0.3) is 0 Å². The van der Waals surface area contributed by atoms with Gasteiger partial charge in [-0.05, 0) is 32.0 Å². The zero-order chi connectivity index (χ0) is 13.6. The third-order valence-corrected chi connectivity index (χ3v) is 5.01. The average Bonchev–Trinajstić information content (AvgIpc) is 2.67. The molecule has 0 fully saturated rings. The Morgan fingerprint density at radius 2 is 2.05 bits per heavy atom. The Morgan fingerprint density at radius 1 is 1.26 bits per heavy atom. The van der Waals surface area contributed by atoms with E-state index in [0.717, 1.165) is 22.2 Å².